The quantitative estimate of drug-likeness (QED) is 0.837. The maximum atomic E-state index is 12.4. The van der Waals surface area contributed by atoms with Gasteiger partial charge in [-0.05, 0) is 31.8 Å². The van der Waals surface area contributed by atoms with Gasteiger partial charge in [-0.3, -0.25) is 9.69 Å². The summed E-state index contributed by atoms with van der Waals surface area (Å²) in [6.07, 6.45) is 5.82. The molecule has 3 rings (SSSR count). The number of aromatic nitrogens is 2. The number of carbonyl (C=O) groups excluding carboxylic acids is 1. The van der Waals surface area contributed by atoms with Gasteiger partial charge in [-0.2, -0.15) is 0 Å². The minimum Gasteiger partial charge on any atom is -0.347 e. The Balaban J connectivity index is 1.52. The molecule has 6 nitrogen and oxygen atoms in total. The Bertz CT molecular complexity index is 516. The van der Waals surface area contributed by atoms with E-state index in [1.807, 2.05) is 23.9 Å². The van der Waals surface area contributed by atoms with Crippen LogP contribution in [0.1, 0.15) is 30.1 Å². The van der Waals surface area contributed by atoms with Crippen molar-refractivity contribution in [2.24, 2.45) is 5.92 Å². The lowest BCUT2D eigenvalue weighted by molar-refractivity contribution is 0.0155. The number of likely N-dealkylation sites (tertiary alicyclic amines) is 2. The summed E-state index contributed by atoms with van der Waals surface area (Å²) in [5.41, 5.74) is 0.580. The maximum absolute atomic E-state index is 12.4. The topological polar surface area (TPSA) is 52.6 Å². The van der Waals surface area contributed by atoms with Crippen LogP contribution in [0.25, 0.3) is 0 Å². The van der Waals surface area contributed by atoms with E-state index in [2.05, 4.69) is 21.8 Å². The third kappa shape index (κ3) is 3.06. The highest BCUT2D eigenvalue weighted by Gasteiger charge is 2.36. The fourth-order valence-corrected chi connectivity index (χ4v) is 3.09. The molecule has 0 aromatic carbocycles. The van der Waals surface area contributed by atoms with E-state index in [1.54, 1.807) is 12.4 Å². The lowest BCUT2D eigenvalue weighted by Gasteiger charge is -2.47. The zero-order valence-electron chi connectivity index (χ0n) is 13.7. The molecule has 1 aromatic rings. The van der Waals surface area contributed by atoms with Gasteiger partial charge >= 0.3 is 0 Å². The normalized spacial score (nSPS) is 20.8. The van der Waals surface area contributed by atoms with E-state index in [0.29, 0.717) is 17.6 Å². The molecule has 22 heavy (non-hydrogen) atoms. The number of amides is 1. The third-order valence-corrected chi connectivity index (χ3v) is 4.77. The van der Waals surface area contributed by atoms with Gasteiger partial charge in [0.15, 0.2) is 0 Å². The molecule has 2 fully saturated rings. The lowest BCUT2D eigenvalue weighted by atomic mass is 9.95. The molecule has 6 heteroatoms. The summed E-state index contributed by atoms with van der Waals surface area (Å²) < 4.78 is 0. The summed E-state index contributed by atoms with van der Waals surface area (Å²) in [5, 5.41) is 0. The first-order chi connectivity index (χ1) is 10.5. The standard InChI is InChI=1S/C16H25N5O/c1-12-4-6-20(7-5-12)14-10-21(11-14)15(22)13-8-17-16(18-9-13)19(2)3/h8-9,12,14H,4-7,10-11H2,1-3H3. The van der Waals surface area contributed by atoms with Crippen molar-refractivity contribution >= 4 is 11.9 Å². The third-order valence-electron chi connectivity index (χ3n) is 4.77. The largest absolute Gasteiger partial charge is 0.347 e. The Hall–Kier alpha value is -1.69. The molecular weight excluding hydrogens is 278 g/mol. The summed E-state index contributed by atoms with van der Waals surface area (Å²) in [7, 11) is 3.77. The first kappa shape index (κ1) is 15.2. The van der Waals surface area contributed by atoms with Gasteiger partial charge in [0.1, 0.15) is 0 Å². The van der Waals surface area contributed by atoms with Gasteiger partial charge in [-0.15, -0.1) is 0 Å². The predicted molar refractivity (Wildman–Crippen MR) is 86.0 cm³/mol. The Morgan fingerprint density at radius 3 is 2.32 bits per heavy atom. The molecule has 3 heterocycles. The van der Waals surface area contributed by atoms with Crippen molar-refractivity contribution in [2.75, 3.05) is 45.2 Å². The van der Waals surface area contributed by atoms with Crippen LogP contribution in [0.2, 0.25) is 0 Å². The predicted octanol–water partition coefficient (Wildman–Crippen LogP) is 1.10. The van der Waals surface area contributed by atoms with Gasteiger partial charge in [0, 0.05) is 45.6 Å². The smallest absolute Gasteiger partial charge is 0.257 e. The van der Waals surface area contributed by atoms with Crippen LogP contribution in [0.3, 0.4) is 0 Å². The fourth-order valence-electron chi connectivity index (χ4n) is 3.09. The van der Waals surface area contributed by atoms with Crippen LogP contribution < -0.4 is 4.90 Å². The van der Waals surface area contributed by atoms with Crippen molar-refractivity contribution in [3.63, 3.8) is 0 Å². The van der Waals surface area contributed by atoms with Crippen LogP contribution in [0, 0.1) is 5.92 Å². The molecule has 0 N–H and O–H groups in total. The van der Waals surface area contributed by atoms with Crippen molar-refractivity contribution in [3.05, 3.63) is 18.0 Å². The molecule has 2 saturated heterocycles. The second kappa shape index (κ2) is 6.20. The molecule has 0 aliphatic carbocycles. The lowest BCUT2D eigenvalue weighted by Crippen LogP contribution is -2.62. The van der Waals surface area contributed by atoms with Gasteiger partial charge in [0.25, 0.3) is 5.91 Å². The van der Waals surface area contributed by atoms with Crippen molar-refractivity contribution in [1.29, 1.82) is 0 Å². The van der Waals surface area contributed by atoms with Crippen LogP contribution in [0.5, 0.6) is 0 Å². The molecule has 0 saturated carbocycles. The maximum Gasteiger partial charge on any atom is 0.257 e. The molecule has 120 valence electrons. The van der Waals surface area contributed by atoms with E-state index < -0.39 is 0 Å². The molecule has 1 aromatic heterocycles. The SMILES string of the molecule is CC1CCN(C2CN(C(=O)c3cnc(N(C)C)nc3)C2)CC1. The van der Waals surface area contributed by atoms with E-state index in [1.165, 1.54) is 25.9 Å². The summed E-state index contributed by atoms with van der Waals surface area (Å²) >= 11 is 0. The van der Waals surface area contributed by atoms with Gasteiger partial charge < -0.3 is 9.80 Å². The van der Waals surface area contributed by atoms with Crippen molar-refractivity contribution in [3.8, 4) is 0 Å². The fraction of sp³-hybridized carbons (Fsp3) is 0.688. The van der Waals surface area contributed by atoms with Crippen LogP contribution in [-0.2, 0) is 0 Å². The average molecular weight is 303 g/mol. The van der Waals surface area contributed by atoms with E-state index >= 15 is 0 Å². The minimum atomic E-state index is 0.0481. The summed E-state index contributed by atoms with van der Waals surface area (Å²) in [6.45, 7) is 6.35. The summed E-state index contributed by atoms with van der Waals surface area (Å²) in [6, 6.07) is 0.540. The van der Waals surface area contributed by atoms with Crippen LogP contribution in [0.4, 0.5) is 5.95 Å². The van der Waals surface area contributed by atoms with Gasteiger partial charge in [0.05, 0.1) is 5.56 Å². The van der Waals surface area contributed by atoms with Gasteiger partial charge in [-0.1, -0.05) is 6.92 Å². The molecule has 0 spiro atoms. The zero-order chi connectivity index (χ0) is 15.7. The van der Waals surface area contributed by atoms with Gasteiger partial charge in [-0.25, -0.2) is 9.97 Å². The highest BCUT2D eigenvalue weighted by molar-refractivity contribution is 5.94. The number of hydrogen-bond acceptors (Lipinski definition) is 5. The number of carbonyl (C=O) groups is 1. The highest BCUT2D eigenvalue weighted by Crippen LogP contribution is 2.23. The highest BCUT2D eigenvalue weighted by atomic mass is 16.2. The Morgan fingerprint density at radius 2 is 1.77 bits per heavy atom. The first-order valence-electron chi connectivity index (χ1n) is 8.07. The van der Waals surface area contributed by atoms with Crippen LogP contribution in [0.15, 0.2) is 12.4 Å². The zero-order valence-corrected chi connectivity index (χ0v) is 13.7. The number of piperidine rings is 1. The van der Waals surface area contributed by atoms with E-state index in [4.69, 9.17) is 0 Å². The number of anilines is 1. The van der Waals surface area contributed by atoms with Crippen molar-refractivity contribution < 1.29 is 4.79 Å². The van der Waals surface area contributed by atoms with Gasteiger partial charge in [0.2, 0.25) is 5.95 Å². The van der Waals surface area contributed by atoms with E-state index in [-0.39, 0.29) is 5.91 Å². The van der Waals surface area contributed by atoms with Crippen molar-refractivity contribution in [1.82, 2.24) is 19.8 Å². The monoisotopic (exact) mass is 303 g/mol. The molecule has 0 unspecified atom stereocenters. The van der Waals surface area contributed by atoms with E-state index in [0.717, 1.165) is 19.0 Å². The second-order valence-corrected chi connectivity index (χ2v) is 6.75. The Kier molecular flexibility index (Phi) is 4.29. The number of nitrogens with zero attached hydrogens (tertiary/aromatic N) is 5. The molecule has 2 aliphatic rings. The second-order valence-electron chi connectivity index (χ2n) is 6.75. The number of hydrogen-bond donors (Lipinski definition) is 0. The van der Waals surface area contributed by atoms with E-state index in [9.17, 15) is 4.79 Å². The molecule has 0 bridgehead atoms. The molecule has 0 atom stereocenters. The molecular formula is C16H25N5O. The summed E-state index contributed by atoms with van der Waals surface area (Å²) in [4.78, 5) is 27.1. The molecule has 1 amide bonds. The van der Waals surface area contributed by atoms with Crippen LogP contribution in [-0.4, -0.2) is 72.0 Å². The van der Waals surface area contributed by atoms with Crippen molar-refractivity contribution in [2.45, 2.75) is 25.8 Å². The molecule has 2 aliphatic heterocycles. The molecule has 0 radical (unpaired) electrons. The minimum absolute atomic E-state index is 0.0481. The first-order valence-corrected chi connectivity index (χ1v) is 8.07. The van der Waals surface area contributed by atoms with Crippen LogP contribution >= 0.6 is 0 Å². The average Bonchev–Trinajstić information content (AvgIpc) is 2.47. The Labute approximate surface area is 132 Å². The number of rotatable bonds is 3. The summed E-state index contributed by atoms with van der Waals surface area (Å²) in [5.74, 6) is 1.52. The Morgan fingerprint density at radius 1 is 1.18 bits per heavy atom.